The van der Waals surface area contributed by atoms with Crippen molar-refractivity contribution >= 4 is 17.6 Å². The topological polar surface area (TPSA) is 37.3 Å². The third kappa shape index (κ3) is 3.18. The maximum atomic E-state index is 4.09. The van der Waals surface area contributed by atoms with Crippen LogP contribution >= 0.6 is 11.3 Å². The number of nitrogens with zero attached hydrogens (tertiary/aromatic N) is 2. The molecule has 1 aromatic carbocycles. The molecule has 3 nitrogen and oxygen atoms in total. The predicted molar refractivity (Wildman–Crippen MR) is 63.0 cm³/mol. The standard InChI is InChI=1S/C11H11N3S/c1-2-4-10(5-3-1)8-13-14-9-11-12-6-7-15-11/h1-7,9,13H,8H2/b14-9+. The minimum atomic E-state index is 0.739. The van der Waals surface area contributed by atoms with Gasteiger partial charge in [0.25, 0.3) is 0 Å². The first-order valence-corrected chi connectivity index (χ1v) is 5.52. The highest BCUT2D eigenvalue weighted by Crippen LogP contribution is 2.00. The monoisotopic (exact) mass is 217 g/mol. The molecule has 0 amide bonds. The number of thiazole rings is 1. The average molecular weight is 217 g/mol. The molecular formula is C11H11N3S. The summed E-state index contributed by atoms with van der Waals surface area (Å²) in [5.41, 5.74) is 4.19. The minimum absolute atomic E-state index is 0.739. The summed E-state index contributed by atoms with van der Waals surface area (Å²) in [5, 5.41) is 6.92. The van der Waals surface area contributed by atoms with E-state index in [4.69, 9.17) is 0 Å². The molecule has 76 valence electrons. The van der Waals surface area contributed by atoms with Crippen LogP contribution in [0, 0.1) is 0 Å². The highest BCUT2D eigenvalue weighted by Gasteiger charge is 1.89. The lowest BCUT2D eigenvalue weighted by Crippen LogP contribution is -2.04. The van der Waals surface area contributed by atoms with Gasteiger partial charge < -0.3 is 5.43 Å². The fourth-order valence-corrected chi connectivity index (χ4v) is 1.63. The fraction of sp³-hybridized carbons (Fsp3) is 0.0909. The smallest absolute Gasteiger partial charge is 0.136 e. The van der Waals surface area contributed by atoms with Gasteiger partial charge in [0.1, 0.15) is 5.01 Å². The minimum Gasteiger partial charge on any atom is -0.306 e. The quantitative estimate of drug-likeness (QED) is 0.630. The van der Waals surface area contributed by atoms with E-state index in [0.717, 1.165) is 11.6 Å². The first-order valence-electron chi connectivity index (χ1n) is 4.64. The summed E-state index contributed by atoms with van der Waals surface area (Å²) in [6.07, 6.45) is 3.50. The van der Waals surface area contributed by atoms with Crippen LogP contribution < -0.4 is 5.43 Å². The van der Waals surface area contributed by atoms with Crippen molar-refractivity contribution < 1.29 is 0 Å². The zero-order valence-corrected chi connectivity index (χ0v) is 8.95. The molecule has 0 aliphatic heterocycles. The van der Waals surface area contributed by atoms with Crippen LogP contribution in [0.2, 0.25) is 0 Å². The van der Waals surface area contributed by atoms with Crippen molar-refractivity contribution in [2.24, 2.45) is 5.10 Å². The third-order valence-electron chi connectivity index (χ3n) is 1.84. The molecule has 2 rings (SSSR count). The number of hydrazone groups is 1. The van der Waals surface area contributed by atoms with Gasteiger partial charge in [-0.3, -0.25) is 0 Å². The largest absolute Gasteiger partial charge is 0.306 e. The number of hydrogen-bond acceptors (Lipinski definition) is 4. The number of benzene rings is 1. The van der Waals surface area contributed by atoms with E-state index < -0.39 is 0 Å². The second-order valence-corrected chi connectivity index (χ2v) is 3.88. The van der Waals surface area contributed by atoms with E-state index in [1.54, 1.807) is 23.7 Å². The molecule has 1 aromatic heterocycles. The van der Waals surface area contributed by atoms with E-state index in [0.29, 0.717) is 0 Å². The molecule has 0 atom stereocenters. The highest BCUT2D eigenvalue weighted by molar-refractivity contribution is 7.11. The zero-order valence-electron chi connectivity index (χ0n) is 8.13. The van der Waals surface area contributed by atoms with E-state index >= 15 is 0 Å². The summed E-state index contributed by atoms with van der Waals surface area (Å²) in [4.78, 5) is 4.09. The Bertz CT molecular complexity index is 409. The van der Waals surface area contributed by atoms with Crippen molar-refractivity contribution in [2.45, 2.75) is 6.54 Å². The molecule has 4 heteroatoms. The number of aromatic nitrogens is 1. The van der Waals surface area contributed by atoms with Crippen LogP contribution in [0.3, 0.4) is 0 Å². The summed E-state index contributed by atoms with van der Waals surface area (Å²) in [5.74, 6) is 0. The number of rotatable bonds is 4. The third-order valence-corrected chi connectivity index (χ3v) is 2.55. The Balaban J connectivity index is 1.80. The summed E-state index contributed by atoms with van der Waals surface area (Å²) >= 11 is 1.57. The molecule has 0 aliphatic carbocycles. The van der Waals surface area contributed by atoms with Crippen molar-refractivity contribution in [3.05, 3.63) is 52.5 Å². The fourth-order valence-electron chi connectivity index (χ4n) is 1.13. The molecule has 15 heavy (non-hydrogen) atoms. The first-order chi connectivity index (χ1) is 7.45. The highest BCUT2D eigenvalue weighted by atomic mass is 32.1. The van der Waals surface area contributed by atoms with Gasteiger partial charge in [-0.05, 0) is 5.56 Å². The van der Waals surface area contributed by atoms with Crippen molar-refractivity contribution in [2.75, 3.05) is 0 Å². The molecule has 0 saturated carbocycles. The summed E-state index contributed by atoms with van der Waals surface area (Å²) in [7, 11) is 0. The van der Waals surface area contributed by atoms with Gasteiger partial charge >= 0.3 is 0 Å². The van der Waals surface area contributed by atoms with E-state index in [1.807, 2.05) is 23.6 Å². The van der Waals surface area contributed by atoms with Crippen LogP contribution in [0.5, 0.6) is 0 Å². The second kappa shape index (κ2) is 5.26. The van der Waals surface area contributed by atoms with Crippen molar-refractivity contribution in [3.63, 3.8) is 0 Å². The van der Waals surface area contributed by atoms with Crippen LogP contribution in [0.4, 0.5) is 0 Å². The van der Waals surface area contributed by atoms with Crippen LogP contribution in [-0.4, -0.2) is 11.2 Å². The molecule has 0 spiro atoms. The summed E-state index contributed by atoms with van der Waals surface area (Å²) < 4.78 is 0. The number of hydrogen-bond donors (Lipinski definition) is 1. The molecule has 0 unspecified atom stereocenters. The first kappa shape index (κ1) is 9.86. The van der Waals surface area contributed by atoms with Gasteiger partial charge in [-0.2, -0.15) is 5.10 Å². The Morgan fingerprint density at radius 1 is 1.33 bits per heavy atom. The molecule has 0 saturated heterocycles. The predicted octanol–water partition coefficient (Wildman–Crippen LogP) is 2.27. The van der Waals surface area contributed by atoms with Gasteiger partial charge in [0.2, 0.25) is 0 Å². The second-order valence-electron chi connectivity index (χ2n) is 2.95. The van der Waals surface area contributed by atoms with E-state index in [-0.39, 0.29) is 0 Å². The Morgan fingerprint density at radius 3 is 2.93 bits per heavy atom. The molecule has 2 aromatic rings. The van der Waals surface area contributed by atoms with Crippen LogP contribution in [0.25, 0.3) is 0 Å². The average Bonchev–Trinajstić information content (AvgIpc) is 2.79. The van der Waals surface area contributed by atoms with Crippen LogP contribution in [0.1, 0.15) is 10.6 Å². The Hall–Kier alpha value is -1.68. The summed E-state index contributed by atoms with van der Waals surface area (Å²) in [6, 6.07) is 10.2. The van der Waals surface area contributed by atoms with Crippen molar-refractivity contribution in [3.8, 4) is 0 Å². The molecule has 0 radical (unpaired) electrons. The lowest BCUT2D eigenvalue weighted by atomic mass is 10.2. The van der Waals surface area contributed by atoms with Gasteiger partial charge in [0.05, 0.1) is 12.8 Å². The van der Waals surface area contributed by atoms with E-state index in [2.05, 4.69) is 27.6 Å². The van der Waals surface area contributed by atoms with Crippen molar-refractivity contribution in [1.82, 2.24) is 10.4 Å². The summed E-state index contributed by atoms with van der Waals surface area (Å²) in [6.45, 7) is 0.739. The van der Waals surface area contributed by atoms with Gasteiger partial charge in [-0.25, -0.2) is 4.98 Å². The Morgan fingerprint density at radius 2 is 2.20 bits per heavy atom. The Kier molecular flexibility index (Phi) is 3.46. The maximum absolute atomic E-state index is 4.09. The normalized spacial score (nSPS) is 10.7. The molecular weight excluding hydrogens is 206 g/mol. The lowest BCUT2D eigenvalue weighted by molar-refractivity contribution is 0.748. The number of nitrogens with one attached hydrogen (secondary N) is 1. The molecule has 0 bridgehead atoms. The van der Waals surface area contributed by atoms with Crippen LogP contribution in [-0.2, 0) is 6.54 Å². The van der Waals surface area contributed by atoms with E-state index in [1.165, 1.54) is 5.56 Å². The Labute approximate surface area is 92.5 Å². The van der Waals surface area contributed by atoms with Gasteiger partial charge in [0.15, 0.2) is 0 Å². The lowest BCUT2D eigenvalue weighted by Gasteiger charge is -1.98. The molecule has 1 heterocycles. The van der Waals surface area contributed by atoms with Gasteiger partial charge in [0, 0.05) is 11.6 Å². The maximum Gasteiger partial charge on any atom is 0.136 e. The van der Waals surface area contributed by atoms with E-state index in [9.17, 15) is 0 Å². The molecule has 1 N–H and O–H groups in total. The SMILES string of the molecule is C(=N\NCc1ccccc1)/c1nccs1. The molecule has 0 aliphatic rings. The van der Waals surface area contributed by atoms with Gasteiger partial charge in [-0.15, -0.1) is 11.3 Å². The van der Waals surface area contributed by atoms with Gasteiger partial charge in [-0.1, -0.05) is 30.3 Å². The zero-order chi connectivity index (χ0) is 10.3. The van der Waals surface area contributed by atoms with Crippen LogP contribution in [0.15, 0.2) is 47.0 Å². The molecule has 0 fully saturated rings. The van der Waals surface area contributed by atoms with Crippen molar-refractivity contribution in [1.29, 1.82) is 0 Å².